The zero-order valence-corrected chi connectivity index (χ0v) is 11.7. The quantitative estimate of drug-likeness (QED) is 0.851. The first-order valence-electron chi connectivity index (χ1n) is 6.02. The van der Waals surface area contributed by atoms with E-state index in [4.69, 9.17) is 16.3 Å². The Balaban J connectivity index is 2.29. The van der Waals surface area contributed by atoms with E-state index in [2.05, 4.69) is 15.3 Å². The Morgan fingerprint density at radius 3 is 2.43 bits per heavy atom. The number of benzene rings is 1. The van der Waals surface area contributed by atoms with E-state index in [9.17, 15) is 13.2 Å². The van der Waals surface area contributed by atoms with E-state index in [-0.39, 0.29) is 23.4 Å². The van der Waals surface area contributed by atoms with E-state index in [1.165, 1.54) is 6.07 Å². The Hall–Kier alpha value is -1.86. The average Bonchev–Trinajstić information content (AvgIpc) is 2.40. The number of nitrogens with one attached hydrogen (secondary N) is 1. The molecule has 21 heavy (non-hydrogen) atoms. The van der Waals surface area contributed by atoms with Gasteiger partial charge >= 0.3 is 0 Å². The van der Waals surface area contributed by atoms with Crippen LogP contribution in [-0.4, -0.2) is 16.6 Å². The lowest BCUT2D eigenvalue weighted by Gasteiger charge is -2.10. The molecular weight excluding hydrogens is 307 g/mol. The van der Waals surface area contributed by atoms with E-state index in [0.717, 1.165) is 0 Å². The second kappa shape index (κ2) is 6.73. The van der Waals surface area contributed by atoms with Crippen molar-refractivity contribution in [1.82, 2.24) is 9.97 Å². The third kappa shape index (κ3) is 4.05. The highest BCUT2D eigenvalue weighted by Gasteiger charge is 2.13. The predicted molar refractivity (Wildman–Crippen MR) is 72.0 cm³/mol. The third-order valence-corrected chi connectivity index (χ3v) is 2.63. The van der Waals surface area contributed by atoms with Crippen molar-refractivity contribution in [3.8, 4) is 0 Å². The number of aromatic nitrogens is 2. The smallest absolute Gasteiger partial charge is 0.158 e. The van der Waals surface area contributed by atoms with Crippen LogP contribution in [0.4, 0.5) is 24.7 Å². The molecule has 2 rings (SSSR count). The molecule has 0 aliphatic heterocycles. The molecule has 1 N–H and O–H groups in total. The summed E-state index contributed by atoms with van der Waals surface area (Å²) < 4.78 is 45.1. The predicted octanol–water partition coefficient (Wildman–Crippen LogP) is 3.83. The molecule has 0 saturated heterocycles. The average molecular weight is 318 g/mol. The number of rotatable bonds is 5. The van der Waals surface area contributed by atoms with Crippen LogP contribution in [0.1, 0.15) is 12.7 Å². The van der Waals surface area contributed by atoms with Gasteiger partial charge in [0, 0.05) is 24.8 Å². The summed E-state index contributed by atoms with van der Waals surface area (Å²) in [5, 5.41) is 2.51. The molecule has 1 heterocycles. The molecule has 0 unspecified atom stereocenters. The molecule has 1 aromatic heterocycles. The Morgan fingerprint density at radius 2 is 1.81 bits per heavy atom. The van der Waals surface area contributed by atoms with Gasteiger partial charge in [-0.25, -0.2) is 23.1 Å². The summed E-state index contributed by atoms with van der Waals surface area (Å²) in [6.45, 7) is 2.37. The summed E-state index contributed by atoms with van der Waals surface area (Å²) in [7, 11) is 0. The maximum absolute atomic E-state index is 13.6. The molecule has 0 aliphatic carbocycles. The summed E-state index contributed by atoms with van der Waals surface area (Å²) in [4.78, 5) is 7.93. The highest BCUT2D eigenvalue weighted by Crippen LogP contribution is 2.24. The van der Waals surface area contributed by atoms with Gasteiger partial charge in [0.25, 0.3) is 0 Å². The molecule has 0 aliphatic rings. The van der Waals surface area contributed by atoms with Crippen molar-refractivity contribution in [1.29, 1.82) is 0 Å². The standard InChI is InChI=1S/C13H11ClF3N3O/c1-2-21-6-12-18-10(14)5-11(19-12)20-13-8(16)3-7(15)4-9(13)17/h3-5H,2,6H2,1H3,(H,18,19,20). The van der Waals surface area contributed by atoms with Crippen molar-refractivity contribution in [3.63, 3.8) is 0 Å². The summed E-state index contributed by atoms with van der Waals surface area (Å²) in [5.41, 5.74) is -0.520. The van der Waals surface area contributed by atoms with Gasteiger partial charge in [-0.15, -0.1) is 0 Å². The Kier molecular flexibility index (Phi) is 4.98. The molecule has 0 atom stereocenters. The van der Waals surface area contributed by atoms with E-state index >= 15 is 0 Å². The Morgan fingerprint density at radius 1 is 1.14 bits per heavy atom. The molecule has 0 fully saturated rings. The molecule has 1 aromatic carbocycles. The zero-order chi connectivity index (χ0) is 15.4. The number of anilines is 2. The van der Waals surface area contributed by atoms with Crippen LogP contribution in [0.15, 0.2) is 18.2 Å². The van der Waals surface area contributed by atoms with Crippen molar-refractivity contribution in [2.45, 2.75) is 13.5 Å². The minimum absolute atomic E-state index is 0.0779. The lowest BCUT2D eigenvalue weighted by atomic mass is 10.2. The number of ether oxygens (including phenoxy) is 1. The van der Waals surface area contributed by atoms with Gasteiger partial charge in [0.2, 0.25) is 0 Å². The van der Waals surface area contributed by atoms with Gasteiger partial charge in [-0.2, -0.15) is 0 Å². The van der Waals surface area contributed by atoms with Crippen LogP contribution in [-0.2, 0) is 11.3 Å². The maximum atomic E-state index is 13.6. The SMILES string of the molecule is CCOCc1nc(Cl)cc(Nc2c(F)cc(F)cc2F)n1. The molecular formula is C13H11ClF3N3O. The molecule has 0 radical (unpaired) electrons. The largest absolute Gasteiger partial charge is 0.374 e. The van der Waals surface area contributed by atoms with Gasteiger partial charge in [0.05, 0.1) is 0 Å². The third-order valence-electron chi connectivity index (χ3n) is 2.44. The first-order valence-corrected chi connectivity index (χ1v) is 6.40. The minimum Gasteiger partial charge on any atom is -0.374 e. The molecule has 2 aromatic rings. The first-order chi connectivity index (χ1) is 9.99. The summed E-state index contributed by atoms with van der Waals surface area (Å²) in [6, 6.07) is 2.42. The fourth-order valence-electron chi connectivity index (χ4n) is 1.58. The van der Waals surface area contributed by atoms with Gasteiger partial charge in [0.15, 0.2) is 17.5 Å². The topological polar surface area (TPSA) is 47.0 Å². The van der Waals surface area contributed by atoms with E-state index in [1.54, 1.807) is 6.92 Å². The van der Waals surface area contributed by atoms with Crippen LogP contribution in [0.25, 0.3) is 0 Å². The molecule has 0 amide bonds. The van der Waals surface area contributed by atoms with Crippen LogP contribution in [0.3, 0.4) is 0 Å². The summed E-state index contributed by atoms with van der Waals surface area (Å²) in [6.07, 6.45) is 0. The van der Waals surface area contributed by atoms with Gasteiger partial charge in [-0.05, 0) is 6.92 Å². The molecule has 4 nitrogen and oxygen atoms in total. The summed E-state index contributed by atoms with van der Waals surface area (Å²) in [5.74, 6) is -2.82. The normalized spacial score (nSPS) is 10.7. The van der Waals surface area contributed by atoms with Crippen LogP contribution < -0.4 is 5.32 Å². The molecule has 112 valence electrons. The number of nitrogens with zero attached hydrogens (tertiary/aromatic N) is 2. The Bertz CT molecular complexity index is 632. The summed E-state index contributed by atoms with van der Waals surface area (Å²) >= 11 is 5.81. The van der Waals surface area contributed by atoms with E-state index in [1.807, 2.05) is 0 Å². The monoisotopic (exact) mass is 317 g/mol. The van der Waals surface area contributed by atoms with Crippen molar-refractivity contribution < 1.29 is 17.9 Å². The first kappa shape index (κ1) is 15.5. The van der Waals surface area contributed by atoms with Gasteiger partial charge in [0.1, 0.15) is 29.1 Å². The zero-order valence-electron chi connectivity index (χ0n) is 11.0. The van der Waals surface area contributed by atoms with Crippen molar-refractivity contribution in [3.05, 3.63) is 46.6 Å². The highest BCUT2D eigenvalue weighted by molar-refractivity contribution is 6.29. The number of hydrogen-bond donors (Lipinski definition) is 1. The lowest BCUT2D eigenvalue weighted by Crippen LogP contribution is -2.05. The second-order valence-electron chi connectivity index (χ2n) is 4.00. The van der Waals surface area contributed by atoms with Crippen LogP contribution >= 0.6 is 11.6 Å². The Labute approximate surface area is 123 Å². The van der Waals surface area contributed by atoms with Gasteiger partial charge < -0.3 is 10.1 Å². The van der Waals surface area contributed by atoms with Crippen LogP contribution in [0.2, 0.25) is 5.15 Å². The van der Waals surface area contributed by atoms with Crippen molar-refractivity contribution in [2.75, 3.05) is 11.9 Å². The molecule has 0 spiro atoms. The van der Waals surface area contributed by atoms with E-state index < -0.39 is 23.1 Å². The van der Waals surface area contributed by atoms with E-state index in [0.29, 0.717) is 18.7 Å². The van der Waals surface area contributed by atoms with Crippen LogP contribution in [0, 0.1) is 17.5 Å². The molecule has 0 bridgehead atoms. The molecule has 0 saturated carbocycles. The fourth-order valence-corrected chi connectivity index (χ4v) is 1.78. The molecule has 8 heteroatoms. The lowest BCUT2D eigenvalue weighted by molar-refractivity contribution is 0.128. The van der Waals surface area contributed by atoms with Crippen molar-refractivity contribution >= 4 is 23.1 Å². The minimum atomic E-state index is -1.08. The fraction of sp³-hybridized carbons (Fsp3) is 0.231. The van der Waals surface area contributed by atoms with Crippen molar-refractivity contribution in [2.24, 2.45) is 0 Å². The second-order valence-corrected chi connectivity index (χ2v) is 4.39. The number of hydrogen-bond acceptors (Lipinski definition) is 4. The maximum Gasteiger partial charge on any atom is 0.158 e. The van der Waals surface area contributed by atoms with Gasteiger partial charge in [-0.3, -0.25) is 0 Å². The van der Waals surface area contributed by atoms with Gasteiger partial charge in [-0.1, -0.05) is 11.6 Å². The highest BCUT2D eigenvalue weighted by atomic mass is 35.5. The van der Waals surface area contributed by atoms with Crippen LogP contribution in [0.5, 0.6) is 0 Å². The number of halogens is 4.